The highest BCUT2D eigenvalue weighted by Gasteiger charge is 2.37. The van der Waals surface area contributed by atoms with Gasteiger partial charge in [0.2, 0.25) is 0 Å². The molecule has 0 amide bonds. The van der Waals surface area contributed by atoms with Crippen molar-refractivity contribution in [3.05, 3.63) is 0 Å². The van der Waals surface area contributed by atoms with E-state index in [0.717, 1.165) is 25.7 Å². The summed E-state index contributed by atoms with van der Waals surface area (Å²) in [5, 5.41) is 12.4. The van der Waals surface area contributed by atoms with E-state index in [9.17, 15) is 4.79 Å². The minimum absolute atomic E-state index is 0.307. The summed E-state index contributed by atoms with van der Waals surface area (Å²) >= 11 is 0. The monoisotopic (exact) mass is 213 g/mol. The molecular formula is C12H23NO2. The SMILES string of the molecule is CCC(CC)C(C)NC(C(=O)O)C1CC1. The van der Waals surface area contributed by atoms with Crippen LogP contribution in [0.1, 0.15) is 46.5 Å². The van der Waals surface area contributed by atoms with Gasteiger partial charge in [0.1, 0.15) is 6.04 Å². The molecule has 1 saturated carbocycles. The van der Waals surface area contributed by atoms with E-state index in [4.69, 9.17) is 5.11 Å². The van der Waals surface area contributed by atoms with Crippen LogP contribution in [-0.4, -0.2) is 23.2 Å². The molecule has 0 saturated heterocycles. The lowest BCUT2D eigenvalue weighted by atomic mass is 9.94. The molecule has 88 valence electrons. The first-order valence-corrected chi connectivity index (χ1v) is 6.08. The maximum absolute atomic E-state index is 11.1. The minimum Gasteiger partial charge on any atom is -0.480 e. The van der Waals surface area contributed by atoms with Crippen LogP contribution < -0.4 is 5.32 Å². The summed E-state index contributed by atoms with van der Waals surface area (Å²) in [5.41, 5.74) is 0. The molecule has 0 radical (unpaired) electrons. The average molecular weight is 213 g/mol. The molecule has 0 aliphatic heterocycles. The van der Waals surface area contributed by atoms with Crippen molar-refractivity contribution in [2.75, 3.05) is 0 Å². The number of hydrogen-bond acceptors (Lipinski definition) is 2. The van der Waals surface area contributed by atoms with Crippen LogP contribution in [-0.2, 0) is 4.79 Å². The van der Waals surface area contributed by atoms with Crippen molar-refractivity contribution in [1.29, 1.82) is 0 Å². The molecular weight excluding hydrogens is 190 g/mol. The van der Waals surface area contributed by atoms with Gasteiger partial charge in [-0.25, -0.2) is 0 Å². The smallest absolute Gasteiger partial charge is 0.320 e. The van der Waals surface area contributed by atoms with Crippen molar-refractivity contribution < 1.29 is 9.90 Å². The van der Waals surface area contributed by atoms with E-state index in [1.165, 1.54) is 0 Å². The zero-order valence-corrected chi connectivity index (χ0v) is 9.99. The van der Waals surface area contributed by atoms with Gasteiger partial charge in [0.25, 0.3) is 0 Å². The number of nitrogens with one attached hydrogen (secondary N) is 1. The van der Waals surface area contributed by atoms with Crippen LogP contribution in [0.15, 0.2) is 0 Å². The van der Waals surface area contributed by atoms with Crippen molar-refractivity contribution in [2.24, 2.45) is 11.8 Å². The van der Waals surface area contributed by atoms with Gasteiger partial charge in [-0.1, -0.05) is 26.7 Å². The molecule has 2 atom stereocenters. The molecule has 0 aromatic rings. The van der Waals surface area contributed by atoms with E-state index in [-0.39, 0.29) is 6.04 Å². The second kappa shape index (κ2) is 5.50. The van der Waals surface area contributed by atoms with Crippen molar-refractivity contribution in [3.8, 4) is 0 Å². The number of carbonyl (C=O) groups is 1. The molecule has 1 aliphatic carbocycles. The van der Waals surface area contributed by atoms with Crippen LogP contribution in [0.2, 0.25) is 0 Å². The molecule has 1 rings (SSSR count). The number of carboxylic acid groups (broad SMARTS) is 1. The molecule has 3 nitrogen and oxygen atoms in total. The molecule has 0 heterocycles. The Morgan fingerprint density at radius 2 is 1.93 bits per heavy atom. The van der Waals surface area contributed by atoms with Gasteiger partial charge in [-0.3, -0.25) is 4.79 Å². The Bertz CT molecular complexity index is 210. The summed E-state index contributed by atoms with van der Waals surface area (Å²) in [6.45, 7) is 6.44. The Kier molecular flexibility index (Phi) is 4.58. The molecule has 2 N–H and O–H groups in total. The third-order valence-corrected chi connectivity index (χ3v) is 3.56. The van der Waals surface area contributed by atoms with E-state index in [1.807, 2.05) is 0 Å². The van der Waals surface area contributed by atoms with Gasteiger partial charge in [-0.05, 0) is 31.6 Å². The molecule has 2 unspecified atom stereocenters. The third-order valence-electron chi connectivity index (χ3n) is 3.56. The molecule has 1 aliphatic rings. The van der Waals surface area contributed by atoms with E-state index in [0.29, 0.717) is 17.9 Å². The molecule has 0 spiro atoms. The Morgan fingerprint density at radius 3 is 2.27 bits per heavy atom. The first kappa shape index (κ1) is 12.5. The maximum atomic E-state index is 11.1. The van der Waals surface area contributed by atoms with E-state index < -0.39 is 5.97 Å². The van der Waals surface area contributed by atoms with Crippen LogP contribution in [0, 0.1) is 11.8 Å². The highest BCUT2D eigenvalue weighted by molar-refractivity contribution is 5.74. The number of rotatable bonds is 7. The summed E-state index contributed by atoms with van der Waals surface area (Å²) in [5.74, 6) is 0.278. The van der Waals surface area contributed by atoms with Crippen LogP contribution in [0.3, 0.4) is 0 Å². The van der Waals surface area contributed by atoms with E-state index >= 15 is 0 Å². The molecule has 3 heteroatoms. The fraction of sp³-hybridized carbons (Fsp3) is 0.917. The quantitative estimate of drug-likeness (QED) is 0.682. The summed E-state index contributed by atoms with van der Waals surface area (Å²) in [7, 11) is 0. The van der Waals surface area contributed by atoms with Crippen LogP contribution >= 0.6 is 0 Å². The number of aliphatic carboxylic acids is 1. The predicted octanol–water partition coefficient (Wildman–Crippen LogP) is 2.26. The van der Waals surface area contributed by atoms with Crippen LogP contribution in [0.25, 0.3) is 0 Å². The van der Waals surface area contributed by atoms with Gasteiger partial charge in [0.05, 0.1) is 0 Å². The van der Waals surface area contributed by atoms with Crippen molar-refractivity contribution >= 4 is 5.97 Å². The lowest BCUT2D eigenvalue weighted by Gasteiger charge is -2.26. The topological polar surface area (TPSA) is 49.3 Å². The first-order valence-electron chi connectivity index (χ1n) is 6.08. The van der Waals surface area contributed by atoms with E-state index in [1.54, 1.807) is 0 Å². The van der Waals surface area contributed by atoms with Gasteiger partial charge in [-0.15, -0.1) is 0 Å². The number of hydrogen-bond donors (Lipinski definition) is 2. The summed E-state index contributed by atoms with van der Waals surface area (Å²) in [6, 6.07) is -0.0118. The minimum atomic E-state index is -0.685. The zero-order chi connectivity index (χ0) is 11.4. The largest absolute Gasteiger partial charge is 0.480 e. The Balaban J connectivity index is 2.45. The second-order valence-electron chi connectivity index (χ2n) is 4.69. The lowest BCUT2D eigenvalue weighted by molar-refractivity contribution is -0.140. The molecule has 1 fully saturated rings. The fourth-order valence-corrected chi connectivity index (χ4v) is 2.25. The van der Waals surface area contributed by atoms with Gasteiger partial charge in [-0.2, -0.15) is 0 Å². The van der Waals surface area contributed by atoms with Crippen molar-refractivity contribution in [2.45, 2.75) is 58.5 Å². The summed E-state index contributed by atoms with van der Waals surface area (Å²) in [6.07, 6.45) is 4.36. The van der Waals surface area contributed by atoms with Crippen LogP contribution in [0.4, 0.5) is 0 Å². The first-order chi connectivity index (χ1) is 7.10. The third kappa shape index (κ3) is 3.49. The maximum Gasteiger partial charge on any atom is 0.320 e. The Labute approximate surface area is 92.3 Å². The van der Waals surface area contributed by atoms with Gasteiger partial charge < -0.3 is 10.4 Å². The van der Waals surface area contributed by atoms with E-state index in [2.05, 4.69) is 26.1 Å². The highest BCUT2D eigenvalue weighted by atomic mass is 16.4. The van der Waals surface area contributed by atoms with Gasteiger partial charge in [0.15, 0.2) is 0 Å². The zero-order valence-electron chi connectivity index (χ0n) is 9.99. The normalized spacial score (nSPS) is 20.3. The van der Waals surface area contributed by atoms with Crippen molar-refractivity contribution in [1.82, 2.24) is 5.32 Å². The van der Waals surface area contributed by atoms with Crippen molar-refractivity contribution in [3.63, 3.8) is 0 Å². The van der Waals surface area contributed by atoms with Gasteiger partial charge in [0, 0.05) is 6.04 Å². The highest BCUT2D eigenvalue weighted by Crippen LogP contribution is 2.33. The molecule has 15 heavy (non-hydrogen) atoms. The Hall–Kier alpha value is -0.570. The molecule has 0 aromatic carbocycles. The summed E-state index contributed by atoms with van der Waals surface area (Å²) in [4.78, 5) is 11.1. The molecule has 0 bridgehead atoms. The Morgan fingerprint density at radius 1 is 1.40 bits per heavy atom. The van der Waals surface area contributed by atoms with Gasteiger partial charge >= 0.3 is 5.97 Å². The fourth-order valence-electron chi connectivity index (χ4n) is 2.25. The predicted molar refractivity (Wildman–Crippen MR) is 60.8 cm³/mol. The average Bonchev–Trinajstić information content (AvgIpc) is 2.99. The number of carboxylic acids is 1. The lowest BCUT2D eigenvalue weighted by Crippen LogP contribution is -2.46. The van der Waals surface area contributed by atoms with Crippen LogP contribution in [0.5, 0.6) is 0 Å². The standard InChI is InChI=1S/C12H23NO2/c1-4-9(5-2)8(3)13-11(12(14)15)10-6-7-10/h8-11,13H,4-7H2,1-3H3,(H,14,15). The molecule has 0 aromatic heterocycles. The second-order valence-corrected chi connectivity index (χ2v) is 4.69. The summed E-state index contributed by atoms with van der Waals surface area (Å²) < 4.78 is 0.